The maximum atomic E-state index is 11.3. The highest BCUT2D eigenvalue weighted by atomic mass is 32.2. The van der Waals surface area contributed by atoms with Crippen LogP contribution in [0.1, 0.15) is 123 Å². The third-order valence-corrected chi connectivity index (χ3v) is 6.56. The summed E-state index contributed by atoms with van der Waals surface area (Å²) in [6.45, 7) is 4.16. The van der Waals surface area contributed by atoms with Gasteiger partial charge in [0.2, 0.25) is 0 Å². The lowest BCUT2D eigenvalue weighted by Crippen LogP contribution is -2.22. The summed E-state index contributed by atoms with van der Waals surface area (Å²) in [6, 6.07) is 0. The zero-order valence-corrected chi connectivity index (χ0v) is 18.1. The molecule has 0 aliphatic heterocycles. The van der Waals surface area contributed by atoms with Crippen molar-refractivity contribution in [1.29, 1.82) is 0 Å². The molecule has 0 aliphatic carbocycles. The van der Waals surface area contributed by atoms with E-state index in [0.29, 0.717) is 19.3 Å². The van der Waals surface area contributed by atoms with Crippen LogP contribution in [0.4, 0.5) is 0 Å². The Morgan fingerprint density at radius 2 is 1.08 bits per heavy atom. The molecule has 0 spiro atoms. The molecular formula is C21H44O4S. The fraction of sp³-hybridized carbons (Fsp3) is 1.00. The van der Waals surface area contributed by atoms with Crippen molar-refractivity contribution in [3.63, 3.8) is 0 Å². The van der Waals surface area contributed by atoms with Gasteiger partial charge in [0.05, 0.1) is 11.4 Å². The lowest BCUT2D eigenvalue weighted by molar-refractivity contribution is 0.147. The molecule has 0 amide bonds. The molecule has 2 atom stereocenters. The van der Waals surface area contributed by atoms with Crippen LogP contribution in [0.2, 0.25) is 0 Å². The molecule has 0 saturated heterocycles. The van der Waals surface area contributed by atoms with Crippen molar-refractivity contribution in [1.82, 2.24) is 0 Å². The van der Waals surface area contributed by atoms with E-state index in [1.165, 1.54) is 64.2 Å². The molecule has 0 aromatic rings. The average Bonchev–Trinajstić information content (AvgIpc) is 2.58. The molecular weight excluding hydrogens is 348 g/mol. The van der Waals surface area contributed by atoms with Gasteiger partial charge in [0.25, 0.3) is 10.1 Å². The van der Waals surface area contributed by atoms with Crippen molar-refractivity contribution in [2.45, 2.75) is 134 Å². The largest absolute Gasteiger partial charge is 0.393 e. The van der Waals surface area contributed by atoms with Gasteiger partial charge in [0.15, 0.2) is 0 Å². The third-order valence-electron chi connectivity index (χ3n) is 5.24. The number of unbranched alkanes of at least 4 members (excludes halogenated alkanes) is 11. The van der Waals surface area contributed by atoms with Crippen LogP contribution in [0.25, 0.3) is 0 Å². The highest BCUT2D eigenvalue weighted by Crippen LogP contribution is 2.18. The predicted molar refractivity (Wildman–Crippen MR) is 111 cm³/mol. The van der Waals surface area contributed by atoms with Gasteiger partial charge in [0, 0.05) is 0 Å². The van der Waals surface area contributed by atoms with Crippen LogP contribution in [0, 0.1) is 0 Å². The van der Waals surface area contributed by atoms with Crippen LogP contribution >= 0.6 is 0 Å². The number of hydrogen-bond donors (Lipinski definition) is 2. The number of hydrogen-bond acceptors (Lipinski definition) is 3. The van der Waals surface area contributed by atoms with Gasteiger partial charge in [-0.15, -0.1) is 0 Å². The summed E-state index contributed by atoms with van der Waals surface area (Å²) in [5.41, 5.74) is 0. The van der Waals surface area contributed by atoms with Crippen molar-refractivity contribution < 1.29 is 18.1 Å². The highest BCUT2D eigenvalue weighted by Gasteiger charge is 2.22. The first kappa shape index (κ1) is 25.9. The SMILES string of the molecule is CCCCCCCCCCCCCCC(O)CCC(CCC)S(=O)(=O)O. The van der Waals surface area contributed by atoms with E-state index in [-0.39, 0.29) is 0 Å². The van der Waals surface area contributed by atoms with Gasteiger partial charge in [-0.25, -0.2) is 0 Å². The minimum Gasteiger partial charge on any atom is -0.393 e. The minimum absolute atomic E-state index is 0.353. The van der Waals surface area contributed by atoms with Crippen molar-refractivity contribution in [3.8, 4) is 0 Å². The molecule has 0 rings (SSSR count). The molecule has 0 radical (unpaired) electrons. The summed E-state index contributed by atoms with van der Waals surface area (Å²) in [7, 11) is -3.98. The van der Waals surface area contributed by atoms with Crippen LogP contribution in [-0.2, 0) is 10.1 Å². The lowest BCUT2D eigenvalue weighted by Gasteiger charge is -2.15. The van der Waals surface area contributed by atoms with E-state index in [0.717, 1.165) is 25.7 Å². The second-order valence-corrected chi connectivity index (χ2v) is 9.53. The Morgan fingerprint density at radius 1 is 0.615 bits per heavy atom. The van der Waals surface area contributed by atoms with Crippen LogP contribution in [-0.4, -0.2) is 29.4 Å². The molecule has 0 saturated carbocycles. The normalized spacial score (nSPS) is 14.5. The second-order valence-electron chi connectivity index (χ2n) is 7.83. The fourth-order valence-electron chi connectivity index (χ4n) is 3.51. The Bertz CT molecular complexity index is 395. The quantitative estimate of drug-likeness (QED) is 0.200. The number of rotatable bonds is 19. The molecule has 4 nitrogen and oxygen atoms in total. The van der Waals surface area contributed by atoms with E-state index in [2.05, 4.69) is 6.92 Å². The smallest absolute Gasteiger partial charge is 0.267 e. The summed E-state index contributed by atoms with van der Waals surface area (Å²) in [5, 5.41) is 9.30. The van der Waals surface area contributed by atoms with Gasteiger partial charge < -0.3 is 5.11 Å². The van der Waals surface area contributed by atoms with E-state index < -0.39 is 21.5 Å². The van der Waals surface area contributed by atoms with Gasteiger partial charge in [-0.2, -0.15) is 8.42 Å². The van der Waals surface area contributed by atoms with E-state index >= 15 is 0 Å². The van der Waals surface area contributed by atoms with Gasteiger partial charge in [-0.05, 0) is 25.7 Å². The van der Waals surface area contributed by atoms with Crippen LogP contribution in [0.5, 0.6) is 0 Å². The number of aliphatic hydroxyl groups is 1. The molecule has 0 bridgehead atoms. The maximum Gasteiger partial charge on any atom is 0.267 e. The Balaban J connectivity index is 3.50. The Hall–Kier alpha value is -0.130. The van der Waals surface area contributed by atoms with Gasteiger partial charge in [-0.1, -0.05) is 97.3 Å². The van der Waals surface area contributed by atoms with Gasteiger partial charge in [0.1, 0.15) is 0 Å². The summed E-state index contributed by atoms with van der Waals surface area (Å²) in [4.78, 5) is 0. The van der Waals surface area contributed by atoms with E-state index in [1.807, 2.05) is 6.92 Å². The van der Waals surface area contributed by atoms with Crippen LogP contribution in [0.15, 0.2) is 0 Å². The Labute approximate surface area is 162 Å². The first-order chi connectivity index (χ1) is 12.4. The molecule has 0 aromatic carbocycles. The summed E-state index contributed by atoms with van der Waals surface area (Å²) in [5.74, 6) is 0. The van der Waals surface area contributed by atoms with Crippen molar-refractivity contribution in [2.75, 3.05) is 0 Å². The topological polar surface area (TPSA) is 74.6 Å². The Morgan fingerprint density at radius 3 is 1.50 bits per heavy atom. The summed E-state index contributed by atoms with van der Waals surface area (Å²) < 4.78 is 31.8. The monoisotopic (exact) mass is 392 g/mol. The van der Waals surface area contributed by atoms with Crippen molar-refractivity contribution in [2.24, 2.45) is 0 Å². The fourth-order valence-corrected chi connectivity index (χ4v) is 4.48. The van der Waals surface area contributed by atoms with Gasteiger partial charge >= 0.3 is 0 Å². The van der Waals surface area contributed by atoms with Crippen molar-refractivity contribution >= 4 is 10.1 Å². The predicted octanol–water partition coefficient (Wildman–Crippen LogP) is 6.28. The average molecular weight is 393 g/mol. The zero-order valence-electron chi connectivity index (χ0n) is 17.3. The van der Waals surface area contributed by atoms with Crippen LogP contribution < -0.4 is 0 Å². The molecule has 0 heterocycles. The minimum atomic E-state index is -3.98. The maximum absolute atomic E-state index is 11.3. The van der Waals surface area contributed by atoms with Crippen LogP contribution in [0.3, 0.4) is 0 Å². The molecule has 5 heteroatoms. The summed E-state index contributed by atoms with van der Waals surface area (Å²) >= 11 is 0. The van der Waals surface area contributed by atoms with E-state index in [4.69, 9.17) is 0 Å². The molecule has 0 aromatic heterocycles. The highest BCUT2D eigenvalue weighted by molar-refractivity contribution is 7.86. The van der Waals surface area contributed by atoms with Gasteiger partial charge in [-0.3, -0.25) is 4.55 Å². The molecule has 158 valence electrons. The van der Waals surface area contributed by atoms with E-state index in [9.17, 15) is 18.1 Å². The van der Waals surface area contributed by atoms with E-state index in [1.54, 1.807) is 0 Å². The summed E-state index contributed by atoms with van der Waals surface area (Å²) in [6.07, 6.45) is 17.8. The first-order valence-corrected chi connectivity index (χ1v) is 12.6. The molecule has 2 unspecified atom stereocenters. The molecule has 26 heavy (non-hydrogen) atoms. The second kappa shape index (κ2) is 17.0. The third kappa shape index (κ3) is 16.1. The number of aliphatic hydroxyl groups excluding tert-OH is 1. The first-order valence-electron chi connectivity index (χ1n) is 11.1. The zero-order chi connectivity index (χ0) is 19.7. The standard InChI is InChI=1S/C21H44O4S/c1-3-5-6-7-8-9-10-11-12-13-14-15-17-20(22)18-19-21(16-4-2)26(23,24)25/h20-22H,3-19H2,1-2H3,(H,23,24,25). The Kier molecular flexibility index (Phi) is 16.9. The molecule has 0 aliphatic rings. The lowest BCUT2D eigenvalue weighted by atomic mass is 10.0. The molecule has 2 N–H and O–H groups in total. The van der Waals surface area contributed by atoms with Crippen molar-refractivity contribution in [3.05, 3.63) is 0 Å². The molecule has 0 fully saturated rings.